The van der Waals surface area contributed by atoms with Crippen LogP contribution in [0.3, 0.4) is 0 Å². The molecule has 1 atom stereocenters. The van der Waals surface area contributed by atoms with E-state index in [1.165, 1.54) is 18.2 Å². The summed E-state index contributed by atoms with van der Waals surface area (Å²) in [5.74, 6) is -2.35. The molecule has 0 aromatic heterocycles. The average molecular weight is 284 g/mol. The first-order valence-corrected chi connectivity index (χ1v) is 6.12. The monoisotopic (exact) mass is 284 g/mol. The van der Waals surface area contributed by atoms with Gasteiger partial charge in [0, 0.05) is 6.42 Å². The normalized spacial score (nSPS) is 15.9. The van der Waals surface area contributed by atoms with E-state index >= 15 is 0 Å². The van der Waals surface area contributed by atoms with E-state index in [-0.39, 0.29) is 17.5 Å². The first-order valence-electron chi connectivity index (χ1n) is 6.12. The molecule has 0 bridgehead atoms. The largest absolute Gasteiger partial charge is 0.466 e. The van der Waals surface area contributed by atoms with Crippen LogP contribution in [-0.2, 0) is 9.53 Å². The first kappa shape index (κ1) is 14.5. The van der Waals surface area contributed by atoms with E-state index in [0.717, 1.165) is 7.11 Å². The molecule has 0 saturated heterocycles. The van der Waals surface area contributed by atoms with Crippen molar-refractivity contribution in [3.63, 3.8) is 0 Å². The fourth-order valence-electron chi connectivity index (χ4n) is 2.32. The molecule has 1 aliphatic heterocycles. The maximum Gasteiger partial charge on any atom is 0.347 e. The molecule has 0 aliphatic carbocycles. The van der Waals surface area contributed by atoms with Gasteiger partial charge in [-0.1, -0.05) is 18.2 Å². The van der Waals surface area contributed by atoms with Gasteiger partial charge in [0.15, 0.2) is 0 Å². The Balaban J connectivity index is 2.62. The molecule has 1 aromatic rings. The Morgan fingerprint density at radius 1 is 1.38 bits per heavy atom. The first-order chi connectivity index (χ1) is 10.0. The van der Waals surface area contributed by atoms with Gasteiger partial charge in [0.05, 0.1) is 18.2 Å². The van der Waals surface area contributed by atoms with Crippen LogP contribution in [0, 0.1) is 11.3 Å². The number of amides is 2. The molecule has 21 heavy (non-hydrogen) atoms. The lowest BCUT2D eigenvalue weighted by Crippen LogP contribution is -2.56. The van der Waals surface area contributed by atoms with Crippen molar-refractivity contribution in [1.29, 1.82) is 5.26 Å². The number of hydrogen-bond acceptors (Lipinski definition) is 5. The van der Waals surface area contributed by atoms with Gasteiger partial charge in [-0.3, -0.25) is 9.59 Å². The maximum absolute atomic E-state index is 12.4. The second kappa shape index (κ2) is 5.21. The second-order valence-electron chi connectivity index (χ2n) is 4.45. The predicted octanol–water partition coefficient (Wildman–Crippen LogP) is 1.29. The zero-order valence-electron chi connectivity index (χ0n) is 11.3. The molecule has 6 nitrogen and oxygen atoms in total. The molecule has 2 rings (SSSR count). The zero-order chi connectivity index (χ0) is 15.6. The summed E-state index contributed by atoms with van der Waals surface area (Å²) in [6.07, 6.45) is 1.09. The molecule has 1 unspecified atom stereocenters. The van der Waals surface area contributed by atoms with E-state index in [1.807, 2.05) is 0 Å². The van der Waals surface area contributed by atoms with Gasteiger partial charge < -0.3 is 4.74 Å². The summed E-state index contributed by atoms with van der Waals surface area (Å²) in [4.78, 5) is 37.5. The van der Waals surface area contributed by atoms with Crippen LogP contribution in [0.4, 0.5) is 0 Å². The molecule has 1 aliphatic rings. The smallest absolute Gasteiger partial charge is 0.347 e. The number of carbonyl (C=O) groups is 3. The molecular formula is C15H12N2O4. The number of carbonyl (C=O) groups excluding carboxylic acids is 3. The van der Waals surface area contributed by atoms with Crippen LogP contribution >= 0.6 is 0 Å². The average Bonchev–Trinajstić information content (AvgIpc) is 2.77. The number of ether oxygens (including phenoxy) is 1. The zero-order valence-corrected chi connectivity index (χ0v) is 11.3. The highest BCUT2D eigenvalue weighted by Gasteiger charge is 2.54. The van der Waals surface area contributed by atoms with Gasteiger partial charge in [0.1, 0.15) is 6.07 Å². The SMILES string of the molecule is C=CCC(C#N)(C(=O)OC)N1C(=O)c2ccccc2C1=O. The van der Waals surface area contributed by atoms with E-state index in [0.29, 0.717) is 4.90 Å². The number of nitriles is 1. The van der Waals surface area contributed by atoms with E-state index < -0.39 is 23.3 Å². The number of benzene rings is 1. The van der Waals surface area contributed by atoms with E-state index in [4.69, 9.17) is 0 Å². The quantitative estimate of drug-likeness (QED) is 0.472. The number of esters is 1. The number of hydrogen-bond donors (Lipinski definition) is 0. The Hall–Kier alpha value is -2.94. The third kappa shape index (κ3) is 1.91. The predicted molar refractivity (Wildman–Crippen MR) is 72.1 cm³/mol. The van der Waals surface area contributed by atoms with Crippen LogP contribution in [0.15, 0.2) is 36.9 Å². The number of methoxy groups -OCH3 is 1. The molecule has 6 heteroatoms. The minimum absolute atomic E-state index is 0.162. The van der Waals surface area contributed by atoms with Crippen molar-refractivity contribution in [3.8, 4) is 6.07 Å². The maximum atomic E-state index is 12.4. The molecular weight excluding hydrogens is 272 g/mol. The number of imide groups is 1. The van der Waals surface area contributed by atoms with E-state index in [1.54, 1.807) is 18.2 Å². The van der Waals surface area contributed by atoms with E-state index in [9.17, 15) is 19.6 Å². The van der Waals surface area contributed by atoms with Crippen molar-refractivity contribution < 1.29 is 19.1 Å². The lowest BCUT2D eigenvalue weighted by atomic mass is 9.94. The summed E-state index contributed by atoms with van der Waals surface area (Å²) in [6.45, 7) is 3.47. The van der Waals surface area contributed by atoms with Gasteiger partial charge >= 0.3 is 5.97 Å². The number of rotatable bonds is 4. The molecule has 0 spiro atoms. The Kier molecular flexibility index (Phi) is 3.59. The van der Waals surface area contributed by atoms with Crippen molar-refractivity contribution in [1.82, 2.24) is 4.90 Å². The van der Waals surface area contributed by atoms with Crippen molar-refractivity contribution >= 4 is 17.8 Å². The molecule has 2 amide bonds. The molecule has 106 valence electrons. The lowest BCUT2D eigenvalue weighted by Gasteiger charge is -2.30. The van der Waals surface area contributed by atoms with Crippen LogP contribution in [0.25, 0.3) is 0 Å². The topological polar surface area (TPSA) is 87.5 Å². The second-order valence-corrected chi connectivity index (χ2v) is 4.45. The van der Waals surface area contributed by atoms with Crippen molar-refractivity contribution in [2.24, 2.45) is 0 Å². The minimum Gasteiger partial charge on any atom is -0.466 e. The fourth-order valence-corrected chi connectivity index (χ4v) is 2.32. The molecule has 0 saturated carbocycles. The number of fused-ring (bicyclic) bond motifs is 1. The standard InChI is InChI=1S/C15H12N2O4/c1-3-8-15(9-16,14(20)21-2)17-12(18)10-6-4-5-7-11(10)13(17)19/h3-7H,1,8H2,2H3. The summed E-state index contributed by atoms with van der Waals surface area (Å²) >= 11 is 0. The Morgan fingerprint density at radius 2 is 1.90 bits per heavy atom. The van der Waals surface area contributed by atoms with Gasteiger partial charge in [-0.05, 0) is 12.1 Å². The van der Waals surface area contributed by atoms with Gasteiger partial charge in [0.25, 0.3) is 11.8 Å². The summed E-state index contributed by atoms with van der Waals surface area (Å²) in [5, 5.41) is 9.44. The van der Waals surface area contributed by atoms with Gasteiger partial charge in [-0.2, -0.15) is 5.26 Å². The Morgan fingerprint density at radius 3 is 2.29 bits per heavy atom. The Labute approximate surface area is 121 Å². The van der Waals surface area contributed by atoms with Crippen molar-refractivity contribution in [2.75, 3.05) is 7.11 Å². The Bertz CT molecular complexity index is 654. The van der Waals surface area contributed by atoms with Gasteiger partial charge in [-0.25, -0.2) is 9.69 Å². The molecule has 0 N–H and O–H groups in total. The highest BCUT2D eigenvalue weighted by atomic mass is 16.5. The number of nitrogens with zero attached hydrogens (tertiary/aromatic N) is 2. The summed E-state index contributed by atoms with van der Waals surface area (Å²) < 4.78 is 4.61. The van der Waals surface area contributed by atoms with Crippen LogP contribution in [-0.4, -0.2) is 35.3 Å². The van der Waals surface area contributed by atoms with Crippen LogP contribution in [0.5, 0.6) is 0 Å². The fraction of sp³-hybridized carbons (Fsp3) is 0.200. The molecule has 0 fully saturated rings. The summed E-state index contributed by atoms with van der Waals surface area (Å²) in [6, 6.07) is 7.90. The summed E-state index contributed by atoms with van der Waals surface area (Å²) in [5.41, 5.74) is -1.71. The summed E-state index contributed by atoms with van der Waals surface area (Å²) in [7, 11) is 1.09. The van der Waals surface area contributed by atoms with Gasteiger partial charge in [0.2, 0.25) is 5.54 Å². The molecule has 1 heterocycles. The van der Waals surface area contributed by atoms with Crippen LogP contribution in [0.1, 0.15) is 27.1 Å². The van der Waals surface area contributed by atoms with Crippen LogP contribution in [0.2, 0.25) is 0 Å². The van der Waals surface area contributed by atoms with Crippen molar-refractivity contribution in [2.45, 2.75) is 12.0 Å². The lowest BCUT2D eigenvalue weighted by molar-refractivity contribution is -0.148. The van der Waals surface area contributed by atoms with E-state index in [2.05, 4.69) is 11.3 Å². The van der Waals surface area contributed by atoms with Crippen LogP contribution < -0.4 is 0 Å². The molecule has 0 radical (unpaired) electrons. The van der Waals surface area contributed by atoms with Crippen molar-refractivity contribution in [3.05, 3.63) is 48.0 Å². The highest BCUT2D eigenvalue weighted by molar-refractivity contribution is 6.23. The minimum atomic E-state index is -2.04. The third-order valence-corrected chi connectivity index (χ3v) is 3.32. The molecule has 1 aromatic carbocycles. The third-order valence-electron chi connectivity index (χ3n) is 3.32. The highest BCUT2D eigenvalue weighted by Crippen LogP contribution is 2.32. The van der Waals surface area contributed by atoms with Gasteiger partial charge in [-0.15, -0.1) is 6.58 Å².